The van der Waals surface area contributed by atoms with Gasteiger partial charge in [-0.3, -0.25) is 4.79 Å². The first kappa shape index (κ1) is 19.2. The fraction of sp³-hybridized carbons (Fsp3) is 0.316. The second-order valence-corrected chi connectivity index (χ2v) is 8.04. The first-order valence-corrected chi connectivity index (χ1v) is 10.0. The van der Waals surface area contributed by atoms with Gasteiger partial charge in [0.25, 0.3) is 5.91 Å². The quantitative estimate of drug-likeness (QED) is 0.720. The largest absolute Gasteiger partial charge is 0.497 e. The molecule has 0 atom stereocenters. The van der Waals surface area contributed by atoms with Crippen LogP contribution in [0.2, 0.25) is 0 Å². The molecule has 144 valence electrons. The molecule has 0 aromatic heterocycles. The fourth-order valence-corrected chi connectivity index (χ4v) is 3.80. The van der Waals surface area contributed by atoms with Gasteiger partial charge in [-0.2, -0.15) is 0 Å². The summed E-state index contributed by atoms with van der Waals surface area (Å²) in [6.45, 7) is 0.273. The number of rotatable bonds is 8. The highest BCUT2D eigenvalue weighted by Crippen LogP contribution is 2.23. The molecule has 3 rings (SSSR count). The van der Waals surface area contributed by atoms with Crippen LogP contribution in [0.15, 0.2) is 47.4 Å². The molecule has 1 aliphatic rings. The molecule has 8 heteroatoms. The van der Waals surface area contributed by atoms with Gasteiger partial charge in [-0.15, -0.1) is 0 Å². The number of methoxy groups -OCH3 is 2. The summed E-state index contributed by atoms with van der Waals surface area (Å²) in [5.41, 5.74) is 1.21. The first-order chi connectivity index (χ1) is 12.9. The minimum atomic E-state index is -3.47. The van der Waals surface area contributed by atoms with Gasteiger partial charge in [0, 0.05) is 24.2 Å². The molecule has 27 heavy (non-hydrogen) atoms. The molecule has 2 aromatic carbocycles. The third-order valence-corrected chi connectivity index (χ3v) is 5.74. The number of benzene rings is 2. The second-order valence-electron chi connectivity index (χ2n) is 6.32. The van der Waals surface area contributed by atoms with Crippen LogP contribution in [0.1, 0.15) is 28.8 Å². The molecule has 0 radical (unpaired) electrons. The van der Waals surface area contributed by atoms with E-state index in [9.17, 15) is 13.2 Å². The summed E-state index contributed by atoms with van der Waals surface area (Å²) in [4.78, 5) is 12.6. The van der Waals surface area contributed by atoms with Crippen molar-refractivity contribution in [1.29, 1.82) is 0 Å². The van der Waals surface area contributed by atoms with Gasteiger partial charge in [0.05, 0.1) is 19.1 Å². The number of hydrogen-bond acceptors (Lipinski definition) is 5. The highest BCUT2D eigenvalue weighted by atomic mass is 32.2. The van der Waals surface area contributed by atoms with Crippen LogP contribution >= 0.6 is 0 Å². The highest BCUT2D eigenvalue weighted by molar-refractivity contribution is 7.89. The summed E-state index contributed by atoms with van der Waals surface area (Å²) >= 11 is 0. The summed E-state index contributed by atoms with van der Waals surface area (Å²) in [7, 11) is -0.433. The molecular weight excluding hydrogens is 368 g/mol. The Kier molecular flexibility index (Phi) is 5.67. The maximum Gasteiger partial charge on any atom is 0.251 e. The lowest BCUT2D eigenvalue weighted by Gasteiger charge is -2.10. The van der Waals surface area contributed by atoms with Crippen LogP contribution in [-0.4, -0.2) is 34.6 Å². The minimum Gasteiger partial charge on any atom is -0.497 e. The standard InChI is InChI=1S/C19H22N2O5S/c1-25-16-9-14(10-17(11-16)26-2)19(22)20-12-13-3-7-18(8-4-13)27(23,24)21-15-5-6-15/h3-4,7-11,15,21H,5-6,12H2,1-2H3,(H,20,22). The number of carbonyl (C=O) groups excluding carboxylic acids is 1. The van der Waals surface area contributed by atoms with Crippen LogP contribution in [0.25, 0.3) is 0 Å². The predicted molar refractivity (Wildman–Crippen MR) is 101 cm³/mol. The van der Waals surface area contributed by atoms with Gasteiger partial charge in [-0.05, 0) is 42.7 Å². The van der Waals surface area contributed by atoms with E-state index in [1.165, 1.54) is 14.2 Å². The Hall–Kier alpha value is -2.58. The van der Waals surface area contributed by atoms with Crippen LogP contribution in [0.5, 0.6) is 11.5 Å². The van der Waals surface area contributed by atoms with E-state index < -0.39 is 10.0 Å². The van der Waals surface area contributed by atoms with Crippen molar-refractivity contribution in [2.75, 3.05) is 14.2 Å². The molecule has 0 spiro atoms. The second kappa shape index (κ2) is 7.98. The van der Waals surface area contributed by atoms with E-state index in [-0.39, 0.29) is 23.4 Å². The molecule has 0 unspecified atom stereocenters. The molecule has 1 amide bonds. The van der Waals surface area contributed by atoms with Crippen molar-refractivity contribution < 1.29 is 22.7 Å². The smallest absolute Gasteiger partial charge is 0.251 e. The van der Waals surface area contributed by atoms with Crippen molar-refractivity contribution in [2.24, 2.45) is 0 Å². The Morgan fingerprint density at radius 3 is 2.15 bits per heavy atom. The van der Waals surface area contributed by atoms with Crippen LogP contribution in [-0.2, 0) is 16.6 Å². The van der Waals surface area contributed by atoms with Gasteiger partial charge >= 0.3 is 0 Å². The number of ether oxygens (including phenoxy) is 2. The van der Waals surface area contributed by atoms with Crippen LogP contribution in [0, 0.1) is 0 Å². The fourth-order valence-electron chi connectivity index (χ4n) is 2.50. The lowest BCUT2D eigenvalue weighted by atomic mass is 10.1. The van der Waals surface area contributed by atoms with Crippen LogP contribution < -0.4 is 19.5 Å². The Morgan fingerprint density at radius 2 is 1.63 bits per heavy atom. The van der Waals surface area contributed by atoms with Gasteiger partial charge in [-0.25, -0.2) is 13.1 Å². The van der Waals surface area contributed by atoms with E-state index in [0.717, 1.165) is 18.4 Å². The van der Waals surface area contributed by atoms with Crippen molar-refractivity contribution >= 4 is 15.9 Å². The zero-order chi connectivity index (χ0) is 19.4. The predicted octanol–water partition coefficient (Wildman–Crippen LogP) is 2.07. The van der Waals surface area contributed by atoms with E-state index in [4.69, 9.17) is 9.47 Å². The number of nitrogens with one attached hydrogen (secondary N) is 2. The van der Waals surface area contributed by atoms with Gasteiger partial charge < -0.3 is 14.8 Å². The number of amides is 1. The Morgan fingerprint density at radius 1 is 1.04 bits per heavy atom. The van der Waals surface area contributed by atoms with E-state index >= 15 is 0 Å². The molecule has 0 aliphatic heterocycles. The van der Waals surface area contributed by atoms with E-state index in [1.807, 2.05) is 0 Å². The molecule has 7 nitrogen and oxygen atoms in total. The molecule has 1 aliphatic carbocycles. The summed E-state index contributed by atoms with van der Waals surface area (Å²) in [6.07, 6.45) is 1.77. The van der Waals surface area contributed by atoms with E-state index in [0.29, 0.717) is 17.1 Å². The SMILES string of the molecule is COc1cc(OC)cc(C(=O)NCc2ccc(S(=O)(=O)NC3CC3)cc2)c1. The normalized spacial score (nSPS) is 13.9. The molecular formula is C19H22N2O5S. The van der Waals surface area contributed by atoms with Crippen molar-refractivity contribution in [3.63, 3.8) is 0 Å². The van der Waals surface area contributed by atoms with Crippen molar-refractivity contribution in [3.8, 4) is 11.5 Å². The Balaban J connectivity index is 1.63. The first-order valence-electron chi connectivity index (χ1n) is 8.54. The molecule has 0 bridgehead atoms. The molecule has 2 aromatic rings. The monoisotopic (exact) mass is 390 g/mol. The van der Waals surface area contributed by atoms with Gasteiger partial charge in [0.2, 0.25) is 10.0 Å². The van der Waals surface area contributed by atoms with Crippen LogP contribution in [0.4, 0.5) is 0 Å². The maximum absolute atomic E-state index is 12.4. The highest BCUT2D eigenvalue weighted by Gasteiger charge is 2.27. The molecule has 1 saturated carbocycles. The number of carbonyl (C=O) groups is 1. The van der Waals surface area contributed by atoms with Crippen LogP contribution in [0.3, 0.4) is 0 Å². The molecule has 2 N–H and O–H groups in total. The topological polar surface area (TPSA) is 93.7 Å². The van der Waals surface area contributed by atoms with Crippen molar-refractivity contribution in [2.45, 2.75) is 30.3 Å². The van der Waals surface area contributed by atoms with E-state index in [1.54, 1.807) is 42.5 Å². The van der Waals surface area contributed by atoms with Gasteiger partial charge in [0.15, 0.2) is 0 Å². The van der Waals surface area contributed by atoms with Gasteiger partial charge in [0.1, 0.15) is 11.5 Å². The Labute approximate surface area is 158 Å². The summed E-state index contributed by atoms with van der Waals surface area (Å²) in [6, 6.07) is 11.5. The lowest BCUT2D eigenvalue weighted by molar-refractivity contribution is 0.0950. The number of hydrogen-bond donors (Lipinski definition) is 2. The number of sulfonamides is 1. The summed E-state index contributed by atoms with van der Waals surface area (Å²) < 4.78 is 37.3. The summed E-state index contributed by atoms with van der Waals surface area (Å²) in [5.74, 6) is 0.772. The van der Waals surface area contributed by atoms with Crippen molar-refractivity contribution in [3.05, 3.63) is 53.6 Å². The Bertz CT molecular complexity index is 899. The average molecular weight is 390 g/mol. The zero-order valence-corrected chi connectivity index (χ0v) is 16.0. The third kappa shape index (κ3) is 4.99. The molecule has 0 saturated heterocycles. The molecule has 1 fully saturated rings. The van der Waals surface area contributed by atoms with Gasteiger partial charge in [-0.1, -0.05) is 12.1 Å². The zero-order valence-electron chi connectivity index (χ0n) is 15.2. The lowest BCUT2D eigenvalue weighted by Crippen LogP contribution is -2.26. The third-order valence-electron chi connectivity index (χ3n) is 4.20. The molecule has 0 heterocycles. The van der Waals surface area contributed by atoms with Crippen molar-refractivity contribution in [1.82, 2.24) is 10.0 Å². The minimum absolute atomic E-state index is 0.0637. The average Bonchev–Trinajstić information content (AvgIpc) is 3.49. The maximum atomic E-state index is 12.4. The summed E-state index contributed by atoms with van der Waals surface area (Å²) in [5, 5.41) is 2.80. The van der Waals surface area contributed by atoms with E-state index in [2.05, 4.69) is 10.0 Å².